The van der Waals surface area contributed by atoms with Crippen LogP contribution in [-0.4, -0.2) is 54.6 Å². The zero-order chi connectivity index (χ0) is 27.0. The van der Waals surface area contributed by atoms with Crippen LogP contribution in [0.25, 0.3) is 10.9 Å². The van der Waals surface area contributed by atoms with Crippen LogP contribution in [0.3, 0.4) is 0 Å². The van der Waals surface area contributed by atoms with Crippen molar-refractivity contribution in [2.24, 2.45) is 0 Å². The zero-order valence-electron chi connectivity index (χ0n) is 21.9. The molecule has 0 saturated heterocycles. The Balaban J connectivity index is 1.51. The van der Waals surface area contributed by atoms with Crippen LogP contribution in [0.5, 0.6) is 0 Å². The van der Waals surface area contributed by atoms with Crippen molar-refractivity contribution in [3.8, 4) is 0 Å². The van der Waals surface area contributed by atoms with Crippen molar-refractivity contribution in [3.63, 3.8) is 0 Å². The van der Waals surface area contributed by atoms with E-state index in [1.165, 1.54) is 6.20 Å². The van der Waals surface area contributed by atoms with E-state index in [9.17, 15) is 15.0 Å². The molecule has 0 spiro atoms. The first-order valence-electron chi connectivity index (χ1n) is 12.8. The fraction of sp³-hybridized carbons (Fsp3) is 0.357. The van der Waals surface area contributed by atoms with Gasteiger partial charge in [0.25, 0.3) is 5.91 Å². The highest BCUT2D eigenvalue weighted by Crippen LogP contribution is 2.35. The molecule has 2 heterocycles. The van der Waals surface area contributed by atoms with E-state index in [1.807, 2.05) is 48.1 Å². The maximum Gasteiger partial charge on any atom is 0.256 e. The lowest BCUT2D eigenvalue weighted by Crippen LogP contribution is -2.36. The van der Waals surface area contributed by atoms with Gasteiger partial charge in [0.15, 0.2) is 0 Å². The van der Waals surface area contributed by atoms with Crippen molar-refractivity contribution in [1.29, 1.82) is 0 Å². The molecular weight excluding hydrogens is 482 g/mol. The van der Waals surface area contributed by atoms with E-state index in [2.05, 4.69) is 50.9 Å². The average Bonchev–Trinajstić information content (AvgIpc) is 3.44. The summed E-state index contributed by atoms with van der Waals surface area (Å²) in [5.74, 6) is 0.176. The summed E-state index contributed by atoms with van der Waals surface area (Å²) in [5, 5.41) is 35.1. The molecule has 0 unspecified atom stereocenters. The number of aliphatic hydroxyl groups is 2. The molecule has 0 radical (unpaired) electrons. The number of anilines is 3. The lowest BCUT2D eigenvalue weighted by atomic mass is 10.1. The van der Waals surface area contributed by atoms with Crippen molar-refractivity contribution in [1.82, 2.24) is 25.1 Å². The first-order valence-corrected chi connectivity index (χ1v) is 12.8. The molecule has 2 aromatic heterocycles. The molecule has 1 amide bonds. The average molecular weight is 516 g/mol. The van der Waals surface area contributed by atoms with Crippen LogP contribution in [0.4, 0.5) is 17.5 Å². The van der Waals surface area contributed by atoms with Gasteiger partial charge in [-0.05, 0) is 56.5 Å². The van der Waals surface area contributed by atoms with Crippen LogP contribution in [0.1, 0.15) is 59.9 Å². The number of carbonyl (C=O) groups is 1. The summed E-state index contributed by atoms with van der Waals surface area (Å²) in [7, 11) is 0. The molecule has 198 valence electrons. The minimum atomic E-state index is -0.674. The van der Waals surface area contributed by atoms with Gasteiger partial charge in [0.2, 0.25) is 5.95 Å². The van der Waals surface area contributed by atoms with Crippen LogP contribution in [0.15, 0.2) is 48.8 Å². The lowest BCUT2D eigenvalue weighted by molar-refractivity contribution is 0.0922. The third kappa shape index (κ3) is 4.92. The molecule has 10 nitrogen and oxygen atoms in total. The molecule has 10 heteroatoms. The van der Waals surface area contributed by atoms with E-state index in [1.54, 1.807) is 6.92 Å². The maximum absolute atomic E-state index is 13.0. The monoisotopic (exact) mass is 515 g/mol. The van der Waals surface area contributed by atoms with Gasteiger partial charge in [-0.2, -0.15) is 10.1 Å². The summed E-state index contributed by atoms with van der Waals surface area (Å²) in [6.07, 6.45) is 3.15. The zero-order valence-corrected chi connectivity index (χ0v) is 21.9. The second-order valence-electron chi connectivity index (χ2n) is 10.1. The number of carbonyl (C=O) groups excluding carboxylic acids is 1. The molecule has 0 bridgehead atoms. The van der Waals surface area contributed by atoms with Gasteiger partial charge in [0, 0.05) is 35.8 Å². The third-order valence-corrected chi connectivity index (χ3v) is 6.86. The van der Waals surface area contributed by atoms with Gasteiger partial charge < -0.3 is 26.2 Å². The minimum Gasteiger partial charge on any atom is -0.394 e. The smallest absolute Gasteiger partial charge is 0.256 e. The molecule has 4 aromatic rings. The number of aromatic nitrogens is 4. The molecule has 2 aromatic carbocycles. The normalized spacial score (nSPS) is 17.4. The van der Waals surface area contributed by atoms with E-state index in [0.29, 0.717) is 12.4 Å². The van der Waals surface area contributed by atoms with Crippen LogP contribution >= 0.6 is 0 Å². The van der Waals surface area contributed by atoms with E-state index in [-0.39, 0.29) is 24.0 Å². The Morgan fingerprint density at radius 3 is 2.74 bits per heavy atom. The fourth-order valence-corrected chi connectivity index (χ4v) is 4.83. The summed E-state index contributed by atoms with van der Waals surface area (Å²) in [4.78, 5) is 22.1. The summed E-state index contributed by atoms with van der Waals surface area (Å²) in [6.45, 7) is 7.67. The number of benzene rings is 2. The molecule has 3 atom stereocenters. The van der Waals surface area contributed by atoms with Gasteiger partial charge in [-0.15, -0.1) is 0 Å². The molecule has 0 fully saturated rings. The van der Waals surface area contributed by atoms with E-state index in [0.717, 1.165) is 33.3 Å². The first-order chi connectivity index (χ1) is 18.2. The van der Waals surface area contributed by atoms with Crippen LogP contribution in [0.2, 0.25) is 0 Å². The largest absolute Gasteiger partial charge is 0.394 e. The quantitative estimate of drug-likeness (QED) is 0.240. The predicted octanol–water partition coefficient (Wildman–Crippen LogP) is 3.64. The molecule has 1 aliphatic carbocycles. The lowest BCUT2D eigenvalue weighted by Gasteiger charge is -2.21. The molecular formula is C28H33N7O3. The fourth-order valence-electron chi connectivity index (χ4n) is 4.83. The Morgan fingerprint density at radius 1 is 1.18 bits per heavy atom. The molecule has 5 N–H and O–H groups in total. The number of nitrogens with zero attached hydrogens (tertiary/aromatic N) is 4. The molecule has 0 saturated carbocycles. The highest BCUT2D eigenvalue weighted by molar-refractivity contribution is 5.99. The second-order valence-corrected chi connectivity index (χ2v) is 10.1. The van der Waals surface area contributed by atoms with E-state index in [4.69, 9.17) is 0 Å². The van der Waals surface area contributed by atoms with Gasteiger partial charge in [-0.25, -0.2) is 4.98 Å². The van der Waals surface area contributed by atoms with Gasteiger partial charge >= 0.3 is 0 Å². The number of aryl methyl sites for hydroxylation is 1. The SMILES string of the molecule is Cc1cc2cnn(C(C)C)c2cc1Nc1ncc(C(=O)N[C@H](C)CO)c(N[C@H]2c3ccccc3C[C@H]2O)n1. The number of aliphatic hydroxyl groups excluding tert-OH is 2. The molecule has 5 rings (SSSR count). The topological polar surface area (TPSA) is 137 Å². The van der Waals surface area contributed by atoms with Crippen LogP contribution in [0, 0.1) is 6.92 Å². The summed E-state index contributed by atoms with van der Waals surface area (Å²) >= 11 is 0. The number of hydrogen-bond donors (Lipinski definition) is 5. The number of rotatable bonds is 8. The van der Waals surface area contributed by atoms with Crippen molar-refractivity contribution < 1.29 is 15.0 Å². The summed E-state index contributed by atoms with van der Waals surface area (Å²) in [6, 6.07) is 11.2. The van der Waals surface area contributed by atoms with Gasteiger partial charge in [-0.1, -0.05) is 24.3 Å². The van der Waals surface area contributed by atoms with Crippen molar-refractivity contribution in [2.75, 3.05) is 17.2 Å². The number of nitrogens with one attached hydrogen (secondary N) is 3. The number of hydrogen-bond acceptors (Lipinski definition) is 8. The van der Waals surface area contributed by atoms with Gasteiger partial charge in [0.1, 0.15) is 11.4 Å². The molecule has 1 aliphatic rings. The van der Waals surface area contributed by atoms with Crippen LogP contribution in [-0.2, 0) is 6.42 Å². The summed E-state index contributed by atoms with van der Waals surface area (Å²) < 4.78 is 1.96. The Bertz CT molecular complexity index is 1480. The predicted molar refractivity (Wildman–Crippen MR) is 147 cm³/mol. The first kappa shape index (κ1) is 25.6. The minimum absolute atomic E-state index is 0.196. The Labute approximate surface area is 221 Å². The Kier molecular flexibility index (Phi) is 7.00. The molecule has 0 aliphatic heterocycles. The highest BCUT2D eigenvalue weighted by Gasteiger charge is 2.32. The highest BCUT2D eigenvalue weighted by atomic mass is 16.3. The molecule has 38 heavy (non-hydrogen) atoms. The van der Waals surface area contributed by atoms with E-state index < -0.39 is 24.1 Å². The second kappa shape index (κ2) is 10.4. The van der Waals surface area contributed by atoms with E-state index >= 15 is 0 Å². The van der Waals surface area contributed by atoms with Crippen molar-refractivity contribution in [2.45, 2.75) is 58.3 Å². The third-order valence-electron chi connectivity index (χ3n) is 6.86. The van der Waals surface area contributed by atoms with Crippen molar-refractivity contribution >= 4 is 34.3 Å². The number of fused-ring (bicyclic) bond motifs is 2. The van der Waals surface area contributed by atoms with Crippen molar-refractivity contribution in [3.05, 3.63) is 71.0 Å². The number of amides is 1. The van der Waals surface area contributed by atoms with Gasteiger partial charge in [-0.3, -0.25) is 9.48 Å². The maximum atomic E-state index is 13.0. The standard InChI is InChI=1S/C28H33N7O3/c1-15(2)35-23-11-22(16(3)9-19(23)12-30-35)32-28-29-13-21(27(38)31-17(4)14-36)26(34-28)33-25-20-8-6-5-7-18(20)10-24(25)37/h5-9,11-13,15,17,24-25,36-37H,10,14H2,1-4H3,(H,31,38)(H2,29,32,33,34)/t17-,24-,25+/m1/s1. The summed E-state index contributed by atoms with van der Waals surface area (Å²) in [5.41, 5.74) is 5.05. The Hall–Kier alpha value is -4.02. The van der Waals surface area contributed by atoms with Crippen LogP contribution < -0.4 is 16.0 Å². The Morgan fingerprint density at radius 2 is 1.97 bits per heavy atom. The van der Waals surface area contributed by atoms with Gasteiger partial charge in [0.05, 0.1) is 30.5 Å².